The van der Waals surface area contributed by atoms with E-state index in [4.69, 9.17) is 0 Å². The van der Waals surface area contributed by atoms with Crippen LogP contribution in [-0.2, 0) is 9.59 Å². The van der Waals surface area contributed by atoms with Crippen LogP contribution in [-0.4, -0.2) is 53.6 Å². The predicted molar refractivity (Wildman–Crippen MR) is 73.2 cm³/mol. The van der Waals surface area contributed by atoms with Gasteiger partial charge in [-0.1, -0.05) is 6.92 Å². The molecule has 7 nitrogen and oxygen atoms in total. The van der Waals surface area contributed by atoms with E-state index in [9.17, 15) is 19.5 Å². The molecule has 0 bridgehead atoms. The summed E-state index contributed by atoms with van der Waals surface area (Å²) in [5.74, 6) is -1.12. The van der Waals surface area contributed by atoms with E-state index in [0.717, 1.165) is 0 Å². The summed E-state index contributed by atoms with van der Waals surface area (Å²) >= 11 is 0. The van der Waals surface area contributed by atoms with Gasteiger partial charge in [0.1, 0.15) is 0 Å². The minimum atomic E-state index is -0.868. The first-order chi connectivity index (χ1) is 9.30. The first kappa shape index (κ1) is 16.3. The largest absolute Gasteiger partial charge is 0.481 e. The van der Waals surface area contributed by atoms with Crippen LogP contribution in [0.2, 0.25) is 0 Å². The number of hydrogen-bond donors (Lipinski definition) is 3. The Hall–Kier alpha value is -1.79. The predicted octanol–water partition coefficient (Wildman–Crippen LogP) is 0.407. The molecule has 0 aromatic heterocycles. The molecular weight excluding hydrogens is 262 g/mol. The van der Waals surface area contributed by atoms with Crippen LogP contribution in [0.25, 0.3) is 0 Å². The molecule has 0 aliphatic carbocycles. The third kappa shape index (κ3) is 3.85. The van der Waals surface area contributed by atoms with Crippen LogP contribution in [0.3, 0.4) is 0 Å². The summed E-state index contributed by atoms with van der Waals surface area (Å²) in [5, 5.41) is 14.4. The molecule has 0 radical (unpaired) electrons. The second-order valence-corrected chi connectivity index (χ2v) is 5.49. The van der Waals surface area contributed by atoms with Crippen molar-refractivity contribution in [3.8, 4) is 0 Å². The number of carbonyl (C=O) groups is 3. The quantitative estimate of drug-likeness (QED) is 0.681. The average molecular weight is 285 g/mol. The van der Waals surface area contributed by atoms with Crippen LogP contribution in [0.1, 0.15) is 33.6 Å². The number of carboxylic acid groups (broad SMARTS) is 1. The van der Waals surface area contributed by atoms with Crippen LogP contribution in [0.5, 0.6) is 0 Å². The number of aliphatic carboxylic acids is 1. The zero-order chi connectivity index (χ0) is 15.3. The molecule has 1 saturated heterocycles. The van der Waals surface area contributed by atoms with E-state index in [1.807, 2.05) is 20.8 Å². The molecular formula is C13H23N3O4. The van der Waals surface area contributed by atoms with Crippen molar-refractivity contribution in [2.24, 2.45) is 5.41 Å². The Bertz CT molecular complexity index is 397. The molecule has 0 spiro atoms. The number of rotatable bonds is 5. The van der Waals surface area contributed by atoms with Crippen molar-refractivity contribution in [1.82, 2.24) is 15.5 Å². The molecule has 3 N–H and O–H groups in total. The van der Waals surface area contributed by atoms with E-state index >= 15 is 0 Å². The Labute approximate surface area is 118 Å². The first-order valence-electron chi connectivity index (χ1n) is 6.86. The molecule has 7 heteroatoms. The van der Waals surface area contributed by atoms with E-state index in [-0.39, 0.29) is 31.1 Å². The molecule has 1 atom stereocenters. The van der Waals surface area contributed by atoms with Gasteiger partial charge in [0.15, 0.2) is 0 Å². The number of urea groups is 1. The smallest absolute Gasteiger partial charge is 0.317 e. The number of nitrogens with one attached hydrogen (secondary N) is 2. The number of nitrogens with zero attached hydrogens (tertiary/aromatic N) is 1. The monoisotopic (exact) mass is 285 g/mol. The SMILES string of the molecule is CCC1(C(=O)O)CCN(C(=O)NCC(=O)NC(C)C)C1. The second-order valence-electron chi connectivity index (χ2n) is 5.49. The van der Waals surface area contributed by atoms with E-state index < -0.39 is 11.4 Å². The van der Waals surface area contributed by atoms with E-state index in [1.54, 1.807) is 0 Å². The molecule has 1 rings (SSSR count). The Balaban J connectivity index is 2.47. The number of carbonyl (C=O) groups excluding carboxylic acids is 2. The first-order valence-corrected chi connectivity index (χ1v) is 6.86. The number of likely N-dealkylation sites (tertiary alicyclic amines) is 1. The fourth-order valence-electron chi connectivity index (χ4n) is 2.30. The van der Waals surface area contributed by atoms with Crippen molar-refractivity contribution in [2.45, 2.75) is 39.7 Å². The number of amides is 3. The number of hydrogen-bond acceptors (Lipinski definition) is 3. The van der Waals surface area contributed by atoms with Crippen molar-refractivity contribution in [3.05, 3.63) is 0 Å². The molecule has 1 heterocycles. The van der Waals surface area contributed by atoms with Gasteiger partial charge < -0.3 is 20.6 Å². The lowest BCUT2D eigenvalue weighted by molar-refractivity contribution is -0.148. The van der Waals surface area contributed by atoms with E-state index in [2.05, 4.69) is 10.6 Å². The van der Waals surface area contributed by atoms with Gasteiger partial charge in [0.2, 0.25) is 5.91 Å². The Morgan fingerprint density at radius 3 is 2.45 bits per heavy atom. The molecule has 1 aliphatic heterocycles. The van der Waals surface area contributed by atoms with Gasteiger partial charge in [-0.2, -0.15) is 0 Å². The molecule has 114 valence electrons. The minimum absolute atomic E-state index is 0.0194. The van der Waals surface area contributed by atoms with Crippen molar-refractivity contribution in [2.75, 3.05) is 19.6 Å². The molecule has 0 aromatic rings. The van der Waals surface area contributed by atoms with Gasteiger partial charge in [-0.25, -0.2) is 4.79 Å². The summed E-state index contributed by atoms with van der Waals surface area (Å²) in [7, 11) is 0. The maximum Gasteiger partial charge on any atom is 0.317 e. The van der Waals surface area contributed by atoms with Crippen LogP contribution in [0.4, 0.5) is 4.79 Å². The summed E-state index contributed by atoms with van der Waals surface area (Å²) < 4.78 is 0. The van der Waals surface area contributed by atoms with E-state index in [0.29, 0.717) is 19.4 Å². The highest BCUT2D eigenvalue weighted by Crippen LogP contribution is 2.34. The lowest BCUT2D eigenvalue weighted by Gasteiger charge is -2.23. The molecule has 20 heavy (non-hydrogen) atoms. The Kier molecular flexibility index (Phi) is 5.35. The van der Waals surface area contributed by atoms with Gasteiger partial charge in [0, 0.05) is 19.1 Å². The molecule has 3 amide bonds. The van der Waals surface area contributed by atoms with Gasteiger partial charge in [-0.3, -0.25) is 9.59 Å². The summed E-state index contributed by atoms with van der Waals surface area (Å²) in [6.45, 7) is 5.98. The number of carboxylic acids is 1. The maximum atomic E-state index is 11.9. The topological polar surface area (TPSA) is 98.7 Å². The lowest BCUT2D eigenvalue weighted by atomic mass is 9.84. The molecule has 1 aliphatic rings. The summed E-state index contributed by atoms with van der Waals surface area (Å²) in [4.78, 5) is 36.1. The van der Waals surface area contributed by atoms with Gasteiger partial charge in [0.25, 0.3) is 0 Å². The minimum Gasteiger partial charge on any atom is -0.481 e. The van der Waals surface area contributed by atoms with Gasteiger partial charge >= 0.3 is 12.0 Å². The normalized spacial score (nSPS) is 21.9. The van der Waals surface area contributed by atoms with Crippen molar-refractivity contribution in [3.63, 3.8) is 0 Å². The summed E-state index contributed by atoms with van der Waals surface area (Å²) in [6.07, 6.45) is 0.935. The van der Waals surface area contributed by atoms with Gasteiger partial charge in [-0.05, 0) is 26.7 Å². The molecule has 1 fully saturated rings. The maximum absolute atomic E-state index is 11.9. The van der Waals surface area contributed by atoms with E-state index in [1.165, 1.54) is 4.90 Å². The molecule has 0 saturated carbocycles. The van der Waals surface area contributed by atoms with Gasteiger partial charge in [-0.15, -0.1) is 0 Å². The Morgan fingerprint density at radius 1 is 1.35 bits per heavy atom. The highest BCUT2D eigenvalue weighted by atomic mass is 16.4. The second kappa shape index (κ2) is 6.58. The fraction of sp³-hybridized carbons (Fsp3) is 0.769. The van der Waals surface area contributed by atoms with Crippen molar-refractivity contribution in [1.29, 1.82) is 0 Å². The van der Waals surface area contributed by atoms with Crippen LogP contribution in [0.15, 0.2) is 0 Å². The van der Waals surface area contributed by atoms with Crippen LogP contribution >= 0.6 is 0 Å². The van der Waals surface area contributed by atoms with Crippen LogP contribution < -0.4 is 10.6 Å². The summed E-state index contributed by atoms with van der Waals surface area (Å²) in [5.41, 5.74) is -0.850. The third-order valence-electron chi connectivity index (χ3n) is 3.62. The van der Waals surface area contributed by atoms with Gasteiger partial charge in [0.05, 0.1) is 12.0 Å². The fourth-order valence-corrected chi connectivity index (χ4v) is 2.30. The molecule has 1 unspecified atom stereocenters. The van der Waals surface area contributed by atoms with Crippen molar-refractivity contribution < 1.29 is 19.5 Å². The Morgan fingerprint density at radius 2 is 2.00 bits per heavy atom. The zero-order valence-corrected chi connectivity index (χ0v) is 12.2. The highest BCUT2D eigenvalue weighted by Gasteiger charge is 2.44. The average Bonchev–Trinajstić information content (AvgIpc) is 2.81. The molecule has 0 aromatic carbocycles. The standard InChI is InChI=1S/C13H23N3O4/c1-4-13(11(18)19)5-6-16(8-13)12(20)14-7-10(17)15-9(2)3/h9H,4-8H2,1-3H3,(H,14,20)(H,15,17)(H,18,19). The summed E-state index contributed by atoms with van der Waals surface area (Å²) in [6, 6.07) is -0.369. The highest BCUT2D eigenvalue weighted by molar-refractivity contribution is 5.85. The lowest BCUT2D eigenvalue weighted by Crippen LogP contribution is -2.46. The zero-order valence-electron chi connectivity index (χ0n) is 12.2. The van der Waals surface area contributed by atoms with Crippen LogP contribution in [0, 0.1) is 5.41 Å². The van der Waals surface area contributed by atoms with Crippen molar-refractivity contribution >= 4 is 17.9 Å². The third-order valence-corrected chi connectivity index (χ3v) is 3.62.